The van der Waals surface area contributed by atoms with E-state index < -0.39 is 0 Å². The number of hydrazine groups is 1. The van der Waals surface area contributed by atoms with Gasteiger partial charge in [-0.3, -0.25) is 4.90 Å². The van der Waals surface area contributed by atoms with Gasteiger partial charge < -0.3 is 21.0 Å². The molecule has 1 aromatic carbocycles. The van der Waals surface area contributed by atoms with Gasteiger partial charge in [0, 0.05) is 49.8 Å². The number of rotatable bonds is 6. The van der Waals surface area contributed by atoms with Crippen molar-refractivity contribution >= 4 is 39.7 Å². The van der Waals surface area contributed by atoms with Gasteiger partial charge in [0.15, 0.2) is 0 Å². The van der Waals surface area contributed by atoms with Crippen LogP contribution in [-0.4, -0.2) is 58.1 Å². The second-order valence-electron chi connectivity index (χ2n) is 8.78. The Labute approximate surface area is 189 Å². The van der Waals surface area contributed by atoms with E-state index in [0.717, 1.165) is 37.3 Å². The van der Waals surface area contributed by atoms with E-state index in [9.17, 15) is 0 Å². The van der Waals surface area contributed by atoms with Crippen LogP contribution >= 0.6 is 0 Å². The Morgan fingerprint density at radius 2 is 1.72 bits per heavy atom. The number of nitrogens with zero attached hydrogens (tertiary/aromatic N) is 6. The van der Waals surface area contributed by atoms with Crippen LogP contribution in [0.25, 0.3) is 10.9 Å². The third-order valence-electron chi connectivity index (χ3n) is 5.97. The maximum atomic E-state index is 6.27. The molecule has 3 aromatic rings. The quantitative estimate of drug-likeness (QED) is 0.305. The third-order valence-corrected chi connectivity index (χ3v) is 5.97. The lowest BCUT2D eigenvalue weighted by Gasteiger charge is -2.38. The van der Waals surface area contributed by atoms with E-state index >= 15 is 0 Å². The normalized spacial score (nSPS) is 15.0. The molecule has 170 valence electrons. The molecule has 9 heteroatoms. The first-order valence-corrected chi connectivity index (χ1v) is 11.1. The molecule has 2 aromatic heterocycles. The molecule has 32 heavy (non-hydrogen) atoms. The smallest absolute Gasteiger partial charge is 0.228 e. The lowest BCUT2D eigenvalue weighted by molar-refractivity contribution is 0.209. The van der Waals surface area contributed by atoms with Crippen LogP contribution in [0.5, 0.6) is 0 Å². The Hall–Kier alpha value is -3.17. The second kappa shape index (κ2) is 9.13. The Kier molecular flexibility index (Phi) is 6.29. The fraction of sp³-hybridized carbons (Fsp3) is 0.435. The highest BCUT2D eigenvalue weighted by Crippen LogP contribution is 2.31. The summed E-state index contributed by atoms with van der Waals surface area (Å²) in [5.41, 5.74) is 9.34. The lowest BCUT2D eigenvalue weighted by Crippen LogP contribution is -2.48. The van der Waals surface area contributed by atoms with Gasteiger partial charge in [0.2, 0.25) is 5.95 Å². The van der Waals surface area contributed by atoms with Crippen molar-refractivity contribution in [1.29, 1.82) is 0 Å². The maximum Gasteiger partial charge on any atom is 0.228 e. The largest absolute Gasteiger partial charge is 0.397 e. The second-order valence-corrected chi connectivity index (χ2v) is 8.78. The molecule has 0 saturated carbocycles. The minimum Gasteiger partial charge on any atom is -0.397 e. The fourth-order valence-corrected chi connectivity index (χ4v) is 3.95. The SMILES string of the molecule is CC(C)N1CCN(c2ccc(Nc3ncc4ccc(N)c(N(N)C(C)C)c4n3)nc2)CC1. The zero-order valence-corrected chi connectivity index (χ0v) is 19.3. The van der Waals surface area contributed by atoms with Gasteiger partial charge in [-0.15, -0.1) is 0 Å². The van der Waals surface area contributed by atoms with E-state index in [1.165, 1.54) is 0 Å². The molecule has 0 spiro atoms. The molecule has 4 rings (SSSR count). The third kappa shape index (κ3) is 4.53. The average Bonchev–Trinajstić information content (AvgIpc) is 2.79. The Bertz CT molecular complexity index is 1060. The summed E-state index contributed by atoms with van der Waals surface area (Å²) in [6.45, 7) is 12.7. The highest BCUT2D eigenvalue weighted by Gasteiger charge is 2.19. The number of piperazine rings is 1. The predicted octanol–water partition coefficient (Wildman–Crippen LogP) is 2.97. The van der Waals surface area contributed by atoms with Crippen molar-refractivity contribution in [1.82, 2.24) is 19.9 Å². The van der Waals surface area contributed by atoms with Gasteiger partial charge in [0.1, 0.15) is 17.0 Å². The van der Waals surface area contributed by atoms with Gasteiger partial charge in [-0.1, -0.05) is 0 Å². The highest BCUT2D eigenvalue weighted by atomic mass is 15.4. The molecule has 0 aliphatic carbocycles. The predicted molar refractivity (Wildman–Crippen MR) is 132 cm³/mol. The maximum absolute atomic E-state index is 6.27. The minimum absolute atomic E-state index is 0.0749. The van der Waals surface area contributed by atoms with Crippen molar-refractivity contribution < 1.29 is 0 Å². The molecule has 1 saturated heterocycles. The molecule has 1 aliphatic heterocycles. The van der Waals surface area contributed by atoms with Gasteiger partial charge in [0.05, 0.1) is 17.6 Å². The molecular formula is C23H33N9. The van der Waals surface area contributed by atoms with E-state index in [2.05, 4.69) is 45.0 Å². The fourth-order valence-electron chi connectivity index (χ4n) is 3.95. The van der Waals surface area contributed by atoms with Crippen molar-refractivity contribution in [2.24, 2.45) is 5.84 Å². The van der Waals surface area contributed by atoms with Crippen LogP contribution in [0.15, 0.2) is 36.7 Å². The Balaban J connectivity index is 1.52. The van der Waals surface area contributed by atoms with Crippen LogP contribution in [0.1, 0.15) is 27.7 Å². The van der Waals surface area contributed by atoms with Gasteiger partial charge in [-0.2, -0.15) is 0 Å². The standard InChI is InChI=1S/C23H33N9/c1-15(2)30-9-11-31(12-10-30)18-6-8-20(26-14-18)28-23-27-13-17-5-7-19(24)22(21(17)29-23)32(25)16(3)4/h5-8,13-16H,9-12,24-25H2,1-4H3,(H,26,27,28,29). The number of anilines is 5. The number of benzene rings is 1. The molecule has 0 unspecified atom stereocenters. The number of hydrogen-bond acceptors (Lipinski definition) is 9. The van der Waals surface area contributed by atoms with Gasteiger partial charge >= 0.3 is 0 Å². The van der Waals surface area contributed by atoms with Crippen molar-refractivity contribution in [2.75, 3.05) is 47.1 Å². The first kappa shape index (κ1) is 22.0. The topological polar surface area (TPSA) is 112 Å². The Morgan fingerprint density at radius 1 is 0.969 bits per heavy atom. The Morgan fingerprint density at radius 3 is 2.34 bits per heavy atom. The summed E-state index contributed by atoms with van der Waals surface area (Å²) in [6.07, 6.45) is 3.67. The van der Waals surface area contributed by atoms with Crippen molar-refractivity contribution in [3.63, 3.8) is 0 Å². The lowest BCUT2D eigenvalue weighted by atomic mass is 10.1. The number of fused-ring (bicyclic) bond motifs is 1. The number of nitrogens with two attached hydrogens (primary N) is 2. The molecule has 1 aliphatic rings. The summed E-state index contributed by atoms with van der Waals surface area (Å²) in [6, 6.07) is 8.44. The average molecular weight is 436 g/mol. The molecule has 1 fully saturated rings. The van der Waals surface area contributed by atoms with E-state index in [4.69, 9.17) is 16.6 Å². The molecule has 0 bridgehead atoms. The summed E-state index contributed by atoms with van der Waals surface area (Å²) in [5.74, 6) is 7.41. The number of hydrogen-bond donors (Lipinski definition) is 3. The van der Waals surface area contributed by atoms with E-state index in [0.29, 0.717) is 34.7 Å². The van der Waals surface area contributed by atoms with Crippen LogP contribution in [0.2, 0.25) is 0 Å². The monoisotopic (exact) mass is 435 g/mol. The first-order valence-electron chi connectivity index (χ1n) is 11.1. The van der Waals surface area contributed by atoms with Crippen molar-refractivity contribution in [3.05, 3.63) is 36.7 Å². The zero-order chi connectivity index (χ0) is 22.8. The van der Waals surface area contributed by atoms with Crippen molar-refractivity contribution in [3.8, 4) is 0 Å². The molecule has 0 amide bonds. The van der Waals surface area contributed by atoms with Gasteiger partial charge in [-0.25, -0.2) is 20.8 Å². The highest BCUT2D eigenvalue weighted by molar-refractivity contribution is 5.97. The van der Waals surface area contributed by atoms with Gasteiger partial charge in [-0.05, 0) is 52.0 Å². The minimum atomic E-state index is 0.0749. The zero-order valence-electron chi connectivity index (χ0n) is 19.3. The summed E-state index contributed by atoms with van der Waals surface area (Å²) in [7, 11) is 0. The van der Waals surface area contributed by atoms with Crippen molar-refractivity contribution in [2.45, 2.75) is 39.8 Å². The summed E-state index contributed by atoms with van der Waals surface area (Å²) in [5, 5.41) is 5.72. The molecule has 0 atom stereocenters. The molecule has 0 radical (unpaired) electrons. The van der Waals surface area contributed by atoms with Crippen LogP contribution in [0, 0.1) is 0 Å². The van der Waals surface area contributed by atoms with Crippen LogP contribution in [0.3, 0.4) is 0 Å². The molecular weight excluding hydrogens is 402 g/mol. The number of nitrogens with one attached hydrogen (secondary N) is 1. The number of pyridine rings is 1. The number of nitrogen functional groups attached to an aromatic ring is 1. The first-order chi connectivity index (χ1) is 15.3. The van der Waals surface area contributed by atoms with E-state index in [-0.39, 0.29) is 6.04 Å². The number of aromatic nitrogens is 3. The van der Waals surface area contributed by atoms with E-state index in [1.807, 2.05) is 38.2 Å². The van der Waals surface area contributed by atoms with Gasteiger partial charge in [0.25, 0.3) is 0 Å². The summed E-state index contributed by atoms with van der Waals surface area (Å²) >= 11 is 0. The molecule has 5 N–H and O–H groups in total. The van der Waals surface area contributed by atoms with E-state index in [1.54, 1.807) is 11.2 Å². The summed E-state index contributed by atoms with van der Waals surface area (Å²) < 4.78 is 0. The van der Waals surface area contributed by atoms with Crippen LogP contribution in [-0.2, 0) is 0 Å². The van der Waals surface area contributed by atoms with Crippen LogP contribution in [0.4, 0.5) is 28.8 Å². The summed E-state index contributed by atoms with van der Waals surface area (Å²) in [4.78, 5) is 18.6. The molecule has 3 heterocycles. The molecule has 9 nitrogen and oxygen atoms in total. The van der Waals surface area contributed by atoms with Crippen LogP contribution < -0.4 is 26.8 Å².